The molecule has 12 heteroatoms. The molecule has 11 nitrogen and oxygen atoms in total. The zero-order chi connectivity index (χ0) is 34.9. The van der Waals surface area contributed by atoms with Crippen molar-refractivity contribution < 1.29 is 38.0 Å². The van der Waals surface area contributed by atoms with Gasteiger partial charge in [0, 0.05) is 43.5 Å². The lowest BCUT2D eigenvalue weighted by Crippen LogP contribution is -2.47. The van der Waals surface area contributed by atoms with E-state index in [2.05, 4.69) is 22.5 Å². The number of fused-ring (bicyclic) bond motifs is 2. The number of nitrogens with one attached hydrogen (secondary N) is 2. The lowest BCUT2D eigenvalue weighted by molar-refractivity contribution is -0.0177. The summed E-state index contributed by atoms with van der Waals surface area (Å²) in [6.07, 6.45) is 2.13. The normalized spacial score (nSPS) is 20.6. The number of hydrogen-bond donors (Lipinski definition) is 3. The van der Waals surface area contributed by atoms with Gasteiger partial charge in [-0.1, -0.05) is 13.0 Å². The first-order chi connectivity index (χ1) is 23.6. The lowest BCUT2D eigenvalue weighted by atomic mass is 10.0. The number of nitrogens with zero attached hydrogens (tertiary/aromatic N) is 2. The van der Waals surface area contributed by atoms with Crippen LogP contribution in [0.3, 0.4) is 0 Å². The predicted octanol–water partition coefficient (Wildman–Crippen LogP) is 6.13. The van der Waals surface area contributed by atoms with Crippen LogP contribution in [-0.4, -0.2) is 85.2 Å². The molecule has 3 aromatic carbocycles. The molecule has 264 valence electrons. The van der Waals surface area contributed by atoms with Gasteiger partial charge in [0.15, 0.2) is 11.5 Å². The molecule has 0 unspecified atom stereocenters. The Morgan fingerprint density at radius 2 is 1.71 bits per heavy atom. The molecule has 2 aliphatic rings. The van der Waals surface area contributed by atoms with Crippen LogP contribution >= 0.6 is 0 Å². The molecule has 0 radical (unpaired) electrons. The van der Waals surface area contributed by atoms with Crippen molar-refractivity contribution >= 4 is 23.3 Å². The fourth-order valence-corrected chi connectivity index (χ4v) is 6.01. The van der Waals surface area contributed by atoms with Crippen LogP contribution in [0.5, 0.6) is 17.2 Å². The summed E-state index contributed by atoms with van der Waals surface area (Å²) in [5.74, 6) is 1.06. The zero-order valence-electron chi connectivity index (χ0n) is 28.6. The number of benzene rings is 3. The van der Waals surface area contributed by atoms with Gasteiger partial charge in [0.1, 0.15) is 11.6 Å². The highest BCUT2D eigenvalue weighted by atomic mass is 19.1. The molecule has 0 bridgehead atoms. The minimum absolute atomic E-state index is 0.0915. The summed E-state index contributed by atoms with van der Waals surface area (Å²) in [5.41, 5.74) is 2.15. The third-order valence-electron chi connectivity index (χ3n) is 8.79. The van der Waals surface area contributed by atoms with Crippen LogP contribution in [0.15, 0.2) is 60.7 Å². The molecule has 2 aliphatic heterocycles. The topological polar surface area (TPSA) is 122 Å². The van der Waals surface area contributed by atoms with Gasteiger partial charge in [-0.2, -0.15) is 0 Å². The third-order valence-corrected chi connectivity index (χ3v) is 8.79. The van der Waals surface area contributed by atoms with E-state index in [0.29, 0.717) is 43.4 Å². The Balaban J connectivity index is 1.36. The molecule has 0 fully saturated rings. The number of hydrogen-bond acceptors (Lipinski definition) is 8. The highest BCUT2D eigenvalue weighted by Gasteiger charge is 2.30. The smallest absolute Gasteiger partial charge is 0.323 e. The van der Waals surface area contributed by atoms with Gasteiger partial charge in [0.25, 0.3) is 5.91 Å². The van der Waals surface area contributed by atoms with E-state index in [1.165, 1.54) is 24.3 Å². The fraction of sp³-hybridized carbons (Fsp3) is 0.459. The van der Waals surface area contributed by atoms with E-state index in [9.17, 15) is 19.1 Å². The molecular formula is C37H47FN4O7. The Morgan fingerprint density at radius 1 is 1.00 bits per heavy atom. The van der Waals surface area contributed by atoms with E-state index >= 15 is 0 Å². The fourth-order valence-electron chi connectivity index (χ4n) is 6.01. The first-order valence-electron chi connectivity index (χ1n) is 16.8. The van der Waals surface area contributed by atoms with Crippen LogP contribution < -0.4 is 24.8 Å². The molecule has 49 heavy (non-hydrogen) atoms. The van der Waals surface area contributed by atoms with Crippen molar-refractivity contribution in [1.82, 2.24) is 9.80 Å². The van der Waals surface area contributed by atoms with E-state index in [0.717, 1.165) is 36.3 Å². The Labute approximate surface area is 287 Å². The maximum atomic E-state index is 14.4. The van der Waals surface area contributed by atoms with Gasteiger partial charge in [-0.25, -0.2) is 9.18 Å². The molecule has 2 heterocycles. The molecule has 0 saturated carbocycles. The monoisotopic (exact) mass is 678 g/mol. The maximum absolute atomic E-state index is 14.4. The van der Waals surface area contributed by atoms with Gasteiger partial charge in [-0.3, -0.25) is 9.69 Å². The summed E-state index contributed by atoms with van der Waals surface area (Å²) in [4.78, 5) is 31.0. The summed E-state index contributed by atoms with van der Waals surface area (Å²) in [7, 11) is 2.04. The largest absolute Gasteiger partial charge is 0.490 e. The van der Waals surface area contributed by atoms with E-state index in [4.69, 9.17) is 18.9 Å². The average Bonchev–Trinajstić information content (AvgIpc) is 3.55. The summed E-state index contributed by atoms with van der Waals surface area (Å²) < 4.78 is 37.1. The van der Waals surface area contributed by atoms with Crippen molar-refractivity contribution in [3.8, 4) is 17.2 Å². The van der Waals surface area contributed by atoms with Gasteiger partial charge < -0.3 is 39.6 Å². The summed E-state index contributed by atoms with van der Waals surface area (Å²) in [6, 6.07) is 15.3. The summed E-state index contributed by atoms with van der Waals surface area (Å²) in [5, 5.41) is 15.7. The first kappa shape index (κ1) is 35.9. The number of carbonyl (C=O) groups is 2. The van der Waals surface area contributed by atoms with Crippen molar-refractivity contribution in [2.24, 2.45) is 5.92 Å². The number of aliphatic hydroxyl groups is 1. The standard InChI is InChI=1S/C37H47FN4O7/c1-24-19-42(25(2)22-43)36(44)31-18-30(40-37(45)39-29-11-9-28(38)10-12-29)13-15-32(31)49-26(3)7-5-6-16-46-35(24)21-41(4)20-27-8-14-33-34(17-27)48-23-47-33/h8-15,17-18,24-26,35,43H,5-7,16,19-23H2,1-4H3,(H2,39,40,45)/t24-,25-,26-,35+/m0/s1. The molecule has 5 rings (SSSR count). The number of amides is 3. The summed E-state index contributed by atoms with van der Waals surface area (Å²) in [6.45, 7) is 8.01. The second-order valence-corrected chi connectivity index (χ2v) is 13.0. The highest BCUT2D eigenvalue weighted by molar-refractivity contribution is 6.02. The second kappa shape index (κ2) is 16.8. The maximum Gasteiger partial charge on any atom is 0.323 e. The van der Waals surface area contributed by atoms with Crippen LogP contribution in [0.25, 0.3) is 0 Å². The number of carbonyl (C=O) groups excluding carboxylic acids is 2. The molecule has 0 aliphatic carbocycles. The minimum atomic E-state index is -0.548. The third kappa shape index (κ3) is 9.84. The SMILES string of the molecule is C[C@H]1CCCCO[C@H](CN(C)Cc2ccc3c(c2)OCO3)[C@@H](C)CN([C@@H](C)CO)C(=O)c2cc(NC(=O)Nc3ccc(F)cc3)ccc2O1. The van der Waals surface area contributed by atoms with Crippen molar-refractivity contribution in [2.45, 2.75) is 64.8 Å². The van der Waals surface area contributed by atoms with Crippen molar-refractivity contribution in [1.29, 1.82) is 0 Å². The quantitative estimate of drug-likeness (QED) is 0.261. The van der Waals surface area contributed by atoms with Gasteiger partial charge in [0.05, 0.1) is 30.4 Å². The lowest BCUT2D eigenvalue weighted by Gasteiger charge is -2.36. The Kier molecular flexibility index (Phi) is 12.3. The Bertz CT molecular complexity index is 1570. The van der Waals surface area contributed by atoms with Crippen molar-refractivity contribution in [3.63, 3.8) is 0 Å². The number of aliphatic hydroxyl groups excluding tert-OH is 1. The van der Waals surface area contributed by atoms with Crippen LogP contribution in [0.4, 0.5) is 20.6 Å². The number of urea groups is 1. The van der Waals surface area contributed by atoms with E-state index in [-0.39, 0.29) is 43.0 Å². The number of likely N-dealkylation sites (N-methyl/N-ethyl adjacent to an activating group) is 1. The van der Waals surface area contributed by atoms with Gasteiger partial charge in [-0.15, -0.1) is 0 Å². The van der Waals surface area contributed by atoms with Crippen molar-refractivity contribution in [3.05, 3.63) is 77.6 Å². The van der Waals surface area contributed by atoms with Gasteiger partial charge in [-0.05, 0) is 100 Å². The molecule has 0 saturated heterocycles. The zero-order valence-corrected chi connectivity index (χ0v) is 28.6. The molecule has 3 N–H and O–H groups in total. The van der Waals surface area contributed by atoms with E-state index in [1.54, 1.807) is 30.0 Å². The second-order valence-electron chi connectivity index (χ2n) is 13.0. The predicted molar refractivity (Wildman–Crippen MR) is 185 cm³/mol. The average molecular weight is 679 g/mol. The molecule has 0 spiro atoms. The van der Waals surface area contributed by atoms with Crippen LogP contribution in [0, 0.1) is 11.7 Å². The van der Waals surface area contributed by atoms with E-state index < -0.39 is 17.9 Å². The van der Waals surface area contributed by atoms with Crippen LogP contribution in [0.2, 0.25) is 0 Å². The molecule has 3 aromatic rings. The van der Waals surface area contributed by atoms with Gasteiger partial charge >= 0.3 is 6.03 Å². The van der Waals surface area contributed by atoms with E-state index in [1.807, 2.05) is 32.2 Å². The molecule has 0 aromatic heterocycles. The molecule has 4 atom stereocenters. The minimum Gasteiger partial charge on any atom is -0.490 e. The van der Waals surface area contributed by atoms with Crippen molar-refractivity contribution in [2.75, 3.05) is 50.8 Å². The number of ether oxygens (including phenoxy) is 4. The Hall–Kier alpha value is -4.39. The molecule has 3 amide bonds. The highest BCUT2D eigenvalue weighted by Crippen LogP contribution is 2.33. The first-order valence-corrected chi connectivity index (χ1v) is 16.8. The summed E-state index contributed by atoms with van der Waals surface area (Å²) >= 11 is 0. The van der Waals surface area contributed by atoms with Crippen LogP contribution in [0.1, 0.15) is 56.0 Å². The number of anilines is 2. The number of halogens is 1. The van der Waals surface area contributed by atoms with Gasteiger partial charge in [0.2, 0.25) is 6.79 Å². The molecular weight excluding hydrogens is 631 g/mol. The van der Waals surface area contributed by atoms with Crippen LogP contribution in [-0.2, 0) is 11.3 Å². The number of rotatable bonds is 8. The Morgan fingerprint density at radius 3 is 2.49 bits per heavy atom.